The van der Waals surface area contributed by atoms with Crippen molar-refractivity contribution in [3.8, 4) is 6.01 Å². The Hall–Kier alpha value is -1.76. The molecule has 1 N–H and O–H groups in total. The summed E-state index contributed by atoms with van der Waals surface area (Å²) in [6.07, 6.45) is 2.32. The highest BCUT2D eigenvalue weighted by Gasteiger charge is 2.31. The second-order valence-electron chi connectivity index (χ2n) is 3.64. The number of carbonyl (C=O) groups excluding carboxylic acids is 1. The van der Waals surface area contributed by atoms with Crippen molar-refractivity contribution in [2.45, 2.75) is 18.6 Å². The lowest BCUT2D eigenvalue weighted by atomic mass is 10.2. The van der Waals surface area contributed by atoms with Crippen molar-refractivity contribution in [2.24, 2.45) is 0 Å². The fourth-order valence-electron chi connectivity index (χ4n) is 1.63. The predicted molar refractivity (Wildman–Crippen MR) is 54.8 cm³/mol. The Morgan fingerprint density at radius 1 is 1.53 bits per heavy atom. The van der Waals surface area contributed by atoms with Crippen LogP contribution >= 0.6 is 0 Å². The second-order valence-corrected chi connectivity index (χ2v) is 3.64. The number of nitrogens with zero attached hydrogens (tertiary/aromatic N) is 2. The third kappa shape index (κ3) is 2.88. The van der Waals surface area contributed by atoms with Crippen LogP contribution < -0.4 is 10.1 Å². The molecule has 1 aromatic heterocycles. The first-order valence-corrected chi connectivity index (χ1v) is 5.14. The summed E-state index contributed by atoms with van der Waals surface area (Å²) in [6.45, 7) is 0.500. The van der Waals surface area contributed by atoms with Crippen molar-refractivity contribution < 1.29 is 18.7 Å². The molecule has 0 bridgehead atoms. The van der Waals surface area contributed by atoms with E-state index in [1.807, 2.05) is 0 Å². The summed E-state index contributed by atoms with van der Waals surface area (Å²) < 4.78 is 22.6. The van der Waals surface area contributed by atoms with Crippen LogP contribution in [0.15, 0.2) is 12.4 Å². The maximum atomic E-state index is 12.6. The van der Waals surface area contributed by atoms with Crippen LogP contribution in [0.3, 0.4) is 0 Å². The molecule has 0 saturated carbocycles. The Labute approximate surface area is 97.2 Å². The molecule has 2 heterocycles. The van der Waals surface area contributed by atoms with Gasteiger partial charge in [0, 0.05) is 13.0 Å². The van der Waals surface area contributed by atoms with Crippen LogP contribution in [0.2, 0.25) is 0 Å². The molecule has 1 aliphatic heterocycles. The number of methoxy groups -OCH3 is 1. The number of aromatic nitrogens is 2. The number of ether oxygens (including phenoxy) is 2. The van der Waals surface area contributed by atoms with Crippen LogP contribution in [0.4, 0.5) is 4.39 Å². The zero-order valence-corrected chi connectivity index (χ0v) is 9.22. The van der Waals surface area contributed by atoms with Gasteiger partial charge in [-0.25, -0.2) is 14.4 Å². The molecule has 0 amide bonds. The van der Waals surface area contributed by atoms with Crippen molar-refractivity contribution in [3.05, 3.63) is 18.2 Å². The fourth-order valence-corrected chi connectivity index (χ4v) is 1.63. The van der Waals surface area contributed by atoms with E-state index in [4.69, 9.17) is 4.74 Å². The molecule has 1 fully saturated rings. The molecule has 0 aromatic carbocycles. The van der Waals surface area contributed by atoms with Gasteiger partial charge < -0.3 is 14.8 Å². The van der Waals surface area contributed by atoms with Gasteiger partial charge in [-0.3, -0.25) is 4.79 Å². The topological polar surface area (TPSA) is 73.3 Å². The van der Waals surface area contributed by atoms with E-state index >= 15 is 0 Å². The normalized spacial score (nSPS) is 23.4. The largest absolute Gasteiger partial charge is 0.468 e. The number of nitrogens with one attached hydrogen (secondary N) is 1. The average Bonchev–Trinajstić information content (AvgIpc) is 2.80. The van der Waals surface area contributed by atoms with Gasteiger partial charge in [0.25, 0.3) is 0 Å². The second kappa shape index (κ2) is 5.05. The molecular formula is C10H12FN3O3. The van der Waals surface area contributed by atoms with Crippen molar-refractivity contribution in [2.75, 3.05) is 13.7 Å². The quantitative estimate of drug-likeness (QED) is 0.745. The van der Waals surface area contributed by atoms with Gasteiger partial charge in [0.15, 0.2) is 5.82 Å². The van der Waals surface area contributed by atoms with Crippen molar-refractivity contribution >= 4 is 5.97 Å². The molecule has 0 spiro atoms. The Bertz CT molecular complexity index is 398. The molecule has 6 nitrogen and oxygen atoms in total. The van der Waals surface area contributed by atoms with Crippen molar-refractivity contribution in [1.29, 1.82) is 0 Å². The monoisotopic (exact) mass is 241 g/mol. The zero-order valence-electron chi connectivity index (χ0n) is 9.22. The van der Waals surface area contributed by atoms with Gasteiger partial charge >= 0.3 is 12.0 Å². The molecule has 2 unspecified atom stereocenters. The maximum Gasteiger partial charge on any atom is 0.323 e. The standard InChI is InChI=1S/C10H12FN3O3/c1-16-9(15)8-2-7(5-12-8)17-10-13-3-6(11)4-14-10/h3-4,7-8,12H,2,5H2,1H3. The van der Waals surface area contributed by atoms with E-state index in [1.165, 1.54) is 7.11 Å². The first kappa shape index (κ1) is 11.7. The lowest BCUT2D eigenvalue weighted by Crippen LogP contribution is -2.31. The van der Waals surface area contributed by atoms with E-state index in [0.717, 1.165) is 12.4 Å². The van der Waals surface area contributed by atoms with Gasteiger partial charge in [0.05, 0.1) is 19.5 Å². The van der Waals surface area contributed by atoms with E-state index in [9.17, 15) is 9.18 Å². The number of hydrogen-bond acceptors (Lipinski definition) is 6. The van der Waals surface area contributed by atoms with Gasteiger partial charge in [0.2, 0.25) is 0 Å². The highest BCUT2D eigenvalue weighted by molar-refractivity contribution is 5.76. The minimum absolute atomic E-state index is 0.101. The third-order valence-electron chi connectivity index (χ3n) is 2.44. The van der Waals surface area contributed by atoms with Crippen molar-refractivity contribution in [1.82, 2.24) is 15.3 Å². The smallest absolute Gasteiger partial charge is 0.323 e. The summed E-state index contributed by atoms with van der Waals surface area (Å²) in [7, 11) is 1.33. The number of halogens is 1. The molecule has 0 radical (unpaired) electrons. The Kier molecular flexibility index (Phi) is 3.48. The number of carbonyl (C=O) groups is 1. The molecule has 2 rings (SSSR count). The fraction of sp³-hybridized carbons (Fsp3) is 0.500. The lowest BCUT2D eigenvalue weighted by molar-refractivity contribution is -0.142. The molecule has 92 valence electrons. The van der Waals surface area contributed by atoms with E-state index < -0.39 is 5.82 Å². The SMILES string of the molecule is COC(=O)C1CC(Oc2ncc(F)cn2)CN1. The van der Waals surface area contributed by atoms with Gasteiger partial charge in [-0.2, -0.15) is 0 Å². The van der Waals surface area contributed by atoms with Crippen LogP contribution in [0.1, 0.15) is 6.42 Å². The highest BCUT2D eigenvalue weighted by Crippen LogP contribution is 2.13. The van der Waals surface area contributed by atoms with E-state index in [2.05, 4.69) is 20.0 Å². The average molecular weight is 241 g/mol. The highest BCUT2D eigenvalue weighted by atomic mass is 19.1. The Morgan fingerprint density at radius 3 is 2.88 bits per heavy atom. The Balaban J connectivity index is 1.89. The maximum absolute atomic E-state index is 12.6. The molecular weight excluding hydrogens is 229 g/mol. The molecule has 1 aromatic rings. The number of esters is 1. The van der Waals surface area contributed by atoms with Crippen LogP contribution in [0, 0.1) is 5.82 Å². The van der Waals surface area contributed by atoms with Crippen LogP contribution in [-0.2, 0) is 9.53 Å². The summed E-state index contributed by atoms with van der Waals surface area (Å²) in [5, 5.41) is 2.96. The van der Waals surface area contributed by atoms with E-state index in [0.29, 0.717) is 13.0 Å². The number of hydrogen-bond donors (Lipinski definition) is 1. The molecule has 0 aliphatic carbocycles. The lowest BCUT2D eigenvalue weighted by Gasteiger charge is -2.10. The van der Waals surface area contributed by atoms with Gasteiger partial charge in [-0.05, 0) is 0 Å². The summed E-state index contributed by atoms with van der Waals surface area (Å²) in [5.41, 5.74) is 0. The minimum atomic E-state index is -0.519. The van der Waals surface area contributed by atoms with Crippen LogP contribution in [0.25, 0.3) is 0 Å². The summed E-state index contributed by atoms with van der Waals surface area (Å²) >= 11 is 0. The molecule has 1 aliphatic rings. The van der Waals surface area contributed by atoms with E-state index in [-0.39, 0.29) is 24.1 Å². The first-order chi connectivity index (χ1) is 8.19. The van der Waals surface area contributed by atoms with Crippen molar-refractivity contribution in [3.63, 3.8) is 0 Å². The summed E-state index contributed by atoms with van der Waals surface area (Å²) in [5.74, 6) is -0.842. The number of rotatable bonds is 3. The minimum Gasteiger partial charge on any atom is -0.468 e. The third-order valence-corrected chi connectivity index (χ3v) is 2.44. The first-order valence-electron chi connectivity index (χ1n) is 5.14. The van der Waals surface area contributed by atoms with Crippen LogP contribution in [-0.4, -0.2) is 41.7 Å². The summed E-state index contributed by atoms with van der Waals surface area (Å²) in [6, 6.07) is -0.269. The predicted octanol–water partition coefficient (Wildman–Crippen LogP) is -0.102. The van der Waals surface area contributed by atoms with Gasteiger partial charge in [0.1, 0.15) is 12.1 Å². The van der Waals surface area contributed by atoms with Gasteiger partial charge in [-0.1, -0.05) is 0 Å². The molecule has 1 saturated heterocycles. The van der Waals surface area contributed by atoms with E-state index in [1.54, 1.807) is 0 Å². The van der Waals surface area contributed by atoms with Gasteiger partial charge in [-0.15, -0.1) is 0 Å². The summed E-state index contributed by atoms with van der Waals surface area (Å²) in [4.78, 5) is 18.6. The Morgan fingerprint density at radius 2 is 2.24 bits per heavy atom. The molecule has 7 heteroatoms. The zero-order chi connectivity index (χ0) is 12.3. The van der Waals surface area contributed by atoms with Crippen LogP contribution in [0.5, 0.6) is 6.01 Å². The molecule has 2 atom stereocenters. The molecule has 17 heavy (non-hydrogen) atoms.